The highest BCUT2D eigenvalue weighted by Gasteiger charge is 2.21. The Labute approximate surface area is 121 Å². The van der Waals surface area contributed by atoms with Crippen molar-refractivity contribution in [1.82, 2.24) is 4.90 Å². The molecule has 3 nitrogen and oxygen atoms in total. The summed E-state index contributed by atoms with van der Waals surface area (Å²) < 4.78 is 13.7. The molecule has 0 radical (unpaired) electrons. The normalized spacial score (nSPS) is 12.2. The fraction of sp³-hybridized carbons (Fsp3) is 0.267. The predicted octanol–water partition coefficient (Wildman–Crippen LogP) is 3.17. The number of amides is 1. The first kappa shape index (κ1) is 14.5. The van der Waals surface area contributed by atoms with Gasteiger partial charge in [0.25, 0.3) is 5.91 Å². The Kier molecular flexibility index (Phi) is 4.39. The number of carbonyl (C=O) groups is 1. The second-order valence-electron chi connectivity index (χ2n) is 4.79. The van der Waals surface area contributed by atoms with Crippen LogP contribution < -0.4 is 5.73 Å². The molecular weight excluding hydrogens is 275 g/mol. The Balaban J connectivity index is 2.13. The van der Waals surface area contributed by atoms with Gasteiger partial charge in [-0.3, -0.25) is 4.79 Å². The molecule has 5 heteroatoms. The molecule has 0 aliphatic carbocycles. The van der Waals surface area contributed by atoms with Gasteiger partial charge in [-0.25, -0.2) is 4.39 Å². The van der Waals surface area contributed by atoms with E-state index in [9.17, 15) is 9.18 Å². The van der Waals surface area contributed by atoms with Crippen LogP contribution in [0, 0.1) is 5.82 Å². The van der Waals surface area contributed by atoms with E-state index in [1.165, 1.54) is 23.1 Å². The van der Waals surface area contributed by atoms with Crippen LogP contribution in [0.25, 0.3) is 0 Å². The summed E-state index contributed by atoms with van der Waals surface area (Å²) in [5.41, 5.74) is 6.02. The van der Waals surface area contributed by atoms with Gasteiger partial charge >= 0.3 is 0 Å². The van der Waals surface area contributed by atoms with Crippen molar-refractivity contribution in [2.45, 2.75) is 19.4 Å². The van der Waals surface area contributed by atoms with Gasteiger partial charge in [0.2, 0.25) is 0 Å². The number of likely N-dealkylation sites (N-methyl/N-ethyl adjacent to an activating group) is 1. The number of carbonyl (C=O) groups excluding carboxylic acids is 1. The molecule has 1 unspecified atom stereocenters. The van der Waals surface area contributed by atoms with Crippen LogP contribution >= 0.6 is 11.3 Å². The average molecular weight is 292 g/mol. The molecule has 1 amide bonds. The Bertz CT molecular complexity index is 598. The molecule has 2 aromatic rings. The molecule has 1 aromatic heterocycles. The maximum absolute atomic E-state index is 13.7. The molecule has 0 spiro atoms. The maximum atomic E-state index is 13.7. The zero-order valence-corrected chi connectivity index (χ0v) is 12.3. The molecule has 1 heterocycles. The van der Waals surface area contributed by atoms with Crippen molar-refractivity contribution in [3.05, 3.63) is 52.0 Å². The van der Waals surface area contributed by atoms with E-state index >= 15 is 0 Å². The maximum Gasteiger partial charge on any atom is 0.256 e. The number of rotatable bonds is 4. The minimum absolute atomic E-state index is 0.0121. The van der Waals surface area contributed by atoms with Gasteiger partial charge in [0.05, 0.1) is 5.56 Å². The van der Waals surface area contributed by atoms with Crippen molar-refractivity contribution in [2.75, 3.05) is 12.8 Å². The number of nitrogens with zero attached hydrogens (tertiary/aromatic N) is 1. The van der Waals surface area contributed by atoms with E-state index in [-0.39, 0.29) is 17.5 Å². The minimum atomic E-state index is -0.542. The Hall–Kier alpha value is -1.88. The summed E-state index contributed by atoms with van der Waals surface area (Å²) in [5.74, 6) is -0.891. The van der Waals surface area contributed by atoms with Crippen LogP contribution in [-0.4, -0.2) is 23.9 Å². The van der Waals surface area contributed by atoms with Gasteiger partial charge in [0.1, 0.15) is 5.82 Å². The zero-order chi connectivity index (χ0) is 14.7. The molecule has 1 aromatic carbocycles. The van der Waals surface area contributed by atoms with E-state index in [4.69, 9.17) is 5.73 Å². The van der Waals surface area contributed by atoms with Crippen molar-refractivity contribution in [3.8, 4) is 0 Å². The van der Waals surface area contributed by atoms with Gasteiger partial charge in [-0.2, -0.15) is 0 Å². The van der Waals surface area contributed by atoms with Gasteiger partial charge in [0.15, 0.2) is 0 Å². The third-order valence-electron chi connectivity index (χ3n) is 3.28. The van der Waals surface area contributed by atoms with Gasteiger partial charge in [-0.1, -0.05) is 6.07 Å². The lowest BCUT2D eigenvalue weighted by Gasteiger charge is -2.25. The number of halogens is 1. The minimum Gasteiger partial charge on any atom is -0.399 e. The molecule has 106 valence electrons. The molecular formula is C15H17FN2OS. The summed E-state index contributed by atoms with van der Waals surface area (Å²) in [6, 6.07) is 8.04. The highest BCUT2D eigenvalue weighted by Crippen LogP contribution is 2.18. The first-order chi connectivity index (χ1) is 9.49. The molecule has 2 N–H and O–H groups in total. The zero-order valence-electron chi connectivity index (χ0n) is 11.5. The third-order valence-corrected chi connectivity index (χ3v) is 4.18. The second-order valence-corrected chi connectivity index (χ2v) is 5.82. The van der Waals surface area contributed by atoms with Gasteiger partial charge in [-0.15, -0.1) is 11.3 Å². The van der Waals surface area contributed by atoms with Crippen LogP contribution in [0.4, 0.5) is 10.1 Å². The topological polar surface area (TPSA) is 46.3 Å². The van der Waals surface area contributed by atoms with E-state index < -0.39 is 5.82 Å². The van der Waals surface area contributed by atoms with Crippen molar-refractivity contribution in [1.29, 1.82) is 0 Å². The Morgan fingerprint density at radius 1 is 1.45 bits per heavy atom. The number of nitrogen functional groups attached to an aromatic ring is 1. The highest BCUT2D eigenvalue weighted by atomic mass is 32.1. The second kappa shape index (κ2) is 6.05. The van der Waals surface area contributed by atoms with Gasteiger partial charge < -0.3 is 10.6 Å². The molecule has 1 atom stereocenters. The SMILES string of the molecule is CC(Cc1cccs1)N(C)C(=O)c1cc(N)ccc1F. The van der Waals surface area contributed by atoms with E-state index in [2.05, 4.69) is 0 Å². The number of hydrogen-bond acceptors (Lipinski definition) is 3. The molecule has 2 rings (SSSR count). The largest absolute Gasteiger partial charge is 0.399 e. The molecule has 0 aliphatic heterocycles. The van der Waals surface area contributed by atoms with Crippen LogP contribution in [0.3, 0.4) is 0 Å². The molecule has 0 aliphatic rings. The summed E-state index contributed by atoms with van der Waals surface area (Å²) in [6.07, 6.45) is 0.754. The first-order valence-corrected chi connectivity index (χ1v) is 7.21. The summed E-state index contributed by atoms with van der Waals surface area (Å²) in [4.78, 5) is 15.1. The summed E-state index contributed by atoms with van der Waals surface area (Å²) >= 11 is 1.65. The van der Waals surface area contributed by atoms with Crippen molar-refractivity contribution in [3.63, 3.8) is 0 Å². The summed E-state index contributed by atoms with van der Waals surface area (Å²) in [6.45, 7) is 1.95. The van der Waals surface area contributed by atoms with Crippen molar-refractivity contribution in [2.24, 2.45) is 0 Å². The van der Waals surface area contributed by atoms with E-state index in [1.54, 1.807) is 23.3 Å². The first-order valence-electron chi connectivity index (χ1n) is 6.33. The lowest BCUT2D eigenvalue weighted by molar-refractivity contribution is 0.0739. The van der Waals surface area contributed by atoms with Crippen LogP contribution in [-0.2, 0) is 6.42 Å². The smallest absolute Gasteiger partial charge is 0.256 e. The van der Waals surface area contributed by atoms with Crippen LogP contribution in [0.5, 0.6) is 0 Å². The van der Waals surface area contributed by atoms with Crippen LogP contribution in [0.1, 0.15) is 22.2 Å². The predicted molar refractivity (Wildman–Crippen MR) is 80.4 cm³/mol. The van der Waals surface area contributed by atoms with Crippen molar-refractivity contribution >= 4 is 22.9 Å². The van der Waals surface area contributed by atoms with Gasteiger partial charge in [0, 0.05) is 30.1 Å². The third kappa shape index (κ3) is 3.17. The number of nitrogens with two attached hydrogens (primary N) is 1. The molecule has 20 heavy (non-hydrogen) atoms. The highest BCUT2D eigenvalue weighted by molar-refractivity contribution is 7.09. The van der Waals surface area contributed by atoms with Gasteiger partial charge in [-0.05, 0) is 36.6 Å². The molecule has 0 fully saturated rings. The number of anilines is 1. The average Bonchev–Trinajstić information content (AvgIpc) is 2.92. The quantitative estimate of drug-likeness (QED) is 0.880. The van der Waals surface area contributed by atoms with E-state index in [0.29, 0.717) is 5.69 Å². The fourth-order valence-electron chi connectivity index (χ4n) is 1.95. The van der Waals surface area contributed by atoms with Crippen LogP contribution in [0.15, 0.2) is 35.7 Å². The Morgan fingerprint density at radius 3 is 2.85 bits per heavy atom. The van der Waals surface area contributed by atoms with Crippen molar-refractivity contribution < 1.29 is 9.18 Å². The number of benzene rings is 1. The summed E-state index contributed by atoms with van der Waals surface area (Å²) in [7, 11) is 1.68. The summed E-state index contributed by atoms with van der Waals surface area (Å²) in [5, 5.41) is 2.00. The lowest BCUT2D eigenvalue weighted by Crippen LogP contribution is -2.36. The van der Waals surface area contributed by atoms with E-state index in [1.807, 2.05) is 24.4 Å². The lowest BCUT2D eigenvalue weighted by atomic mass is 10.1. The number of thiophene rings is 1. The number of hydrogen-bond donors (Lipinski definition) is 1. The Morgan fingerprint density at radius 2 is 2.20 bits per heavy atom. The molecule has 0 bridgehead atoms. The molecule has 0 saturated heterocycles. The monoisotopic (exact) mass is 292 g/mol. The van der Waals surface area contributed by atoms with E-state index in [0.717, 1.165) is 6.42 Å². The molecule has 0 saturated carbocycles. The van der Waals surface area contributed by atoms with Crippen LogP contribution in [0.2, 0.25) is 0 Å². The standard InChI is InChI=1S/C15H17FN2OS/c1-10(8-12-4-3-7-20-12)18(2)15(19)13-9-11(17)5-6-14(13)16/h3-7,9-10H,8,17H2,1-2H3. The fourth-order valence-corrected chi connectivity index (χ4v) is 2.78.